The summed E-state index contributed by atoms with van der Waals surface area (Å²) >= 11 is 0. The Morgan fingerprint density at radius 3 is 2.62 bits per heavy atom. The Hall–Kier alpha value is -2.25. The van der Waals surface area contributed by atoms with Crippen molar-refractivity contribution in [2.75, 3.05) is 18.4 Å². The maximum absolute atomic E-state index is 13.0. The number of sulfonamides is 1. The van der Waals surface area contributed by atoms with Crippen LogP contribution in [0.3, 0.4) is 0 Å². The third kappa shape index (κ3) is 4.11. The van der Waals surface area contributed by atoms with Crippen LogP contribution in [0.1, 0.15) is 30.1 Å². The largest absolute Gasteiger partial charge is 0.322 e. The van der Waals surface area contributed by atoms with Crippen LogP contribution in [-0.4, -0.2) is 31.7 Å². The fourth-order valence-electron chi connectivity index (χ4n) is 3.05. The molecule has 1 saturated heterocycles. The fraction of sp³-hybridized carbons (Fsp3) is 0.316. The number of carbonyl (C=O) groups is 1. The molecule has 0 spiro atoms. The molecule has 3 rings (SSSR count). The Labute approximate surface area is 152 Å². The fourth-order valence-corrected chi connectivity index (χ4v) is 4.69. The molecule has 7 heteroatoms. The van der Waals surface area contributed by atoms with E-state index in [4.69, 9.17) is 0 Å². The van der Waals surface area contributed by atoms with Crippen molar-refractivity contribution >= 4 is 21.6 Å². The van der Waals surface area contributed by atoms with Gasteiger partial charge in [0.15, 0.2) is 0 Å². The van der Waals surface area contributed by atoms with Gasteiger partial charge in [0.05, 0.1) is 4.90 Å². The molecule has 138 valence electrons. The summed E-state index contributed by atoms with van der Waals surface area (Å²) in [7, 11) is -3.63. The number of anilines is 1. The zero-order valence-electron chi connectivity index (χ0n) is 14.5. The summed E-state index contributed by atoms with van der Waals surface area (Å²) < 4.78 is 40.1. The first kappa shape index (κ1) is 18.5. The first-order chi connectivity index (χ1) is 12.4. The van der Waals surface area contributed by atoms with Crippen molar-refractivity contribution in [1.29, 1.82) is 0 Å². The summed E-state index contributed by atoms with van der Waals surface area (Å²) in [6.45, 7) is 3.03. The van der Waals surface area contributed by atoms with Gasteiger partial charge in [0.2, 0.25) is 10.0 Å². The Balaban J connectivity index is 1.81. The zero-order chi connectivity index (χ0) is 18.7. The molecule has 1 atom stereocenters. The summed E-state index contributed by atoms with van der Waals surface area (Å²) in [6.07, 6.45) is 1.86. The molecular formula is C19H21FN2O3S. The Bertz CT molecular complexity index is 897. The number of hydrogen-bond donors (Lipinski definition) is 1. The normalized spacial score (nSPS) is 18.5. The van der Waals surface area contributed by atoms with E-state index in [9.17, 15) is 17.6 Å². The molecule has 1 unspecified atom stereocenters. The number of halogens is 1. The molecule has 1 amide bonds. The quantitative estimate of drug-likeness (QED) is 0.888. The van der Waals surface area contributed by atoms with Crippen LogP contribution in [0, 0.1) is 11.7 Å². The number of rotatable bonds is 4. The van der Waals surface area contributed by atoms with Crippen LogP contribution >= 0.6 is 0 Å². The van der Waals surface area contributed by atoms with Crippen LogP contribution < -0.4 is 5.32 Å². The second-order valence-electron chi connectivity index (χ2n) is 6.60. The van der Waals surface area contributed by atoms with E-state index in [1.165, 1.54) is 40.7 Å². The highest BCUT2D eigenvalue weighted by molar-refractivity contribution is 7.89. The molecule has 1 fully saturated rings. The first-order valence-corrected chi connectivity index (χ1v) is 9.97. The molecule has 0 bridgehead atoms. The number of piperidine rings is 1. The molecule has 1 aliphatic heterocycles. The van der Waals surface area contributed by atoms with Gasteiger partial charge in [0.25, 0.3) is 5.91 Å². The number of amides is 1. The summed E-state index contributed by atoms with van der Waals surface area (Å²) in [5.41, 5.74) is 0.676. The van der Waals surface area contributed by atoms with Crippen molar-refractivity contribution in [2.24, 2.45) is 5.92 Å². The van der Waals surface area contributed by atoms with Crippen LogP contribution in [0.15, 0.2) is 53.4 Å². The van der Waals surface area contributed by atoms with E-state index in [1.807, 2.05) is 6.92 Å². The average Bonchev–Trinajstić information content (AvgIpc) is 2.63. The smallest absolute Gasteiger partial charge is 0.255 e. The molecular weight excluding hydrogens is 355 g/mol. The van der Waals surface area contributed by atoms with Crippen molar-refractivity contribution < 1.29 is 17.6 Å². The van der Waals surface area contributed by atoms with E-state index in [0.717, 1.165) is 12.8 Å². The molecule has 26 heavy (non-hydrogen) atoms. The molecule has 0 aliphatic carbocycles. The van der Waals surface area contributed by atoms with Crippen LogP contribution in [0.5, 0.6) is 0 Å². The van der Waals surface area contributed by atoms with Gasteiger partial charge in [-0.2, -0.15) is 4.31 Å². The zero-order valence-corrected chi connectivity index (χ0v) is 15.3. The van der Waals surface area contributed by atoms with Crippen molar-refractivity contribution in [3.63, 3.8) is 0 Å². The maximum Gasteiger partial charge on any atom is 0.255 e. The van der Waals surface area contributed by atoms with E-state index >= 15 is 0 Å². The number of nitrogens with zero attached hydrogens (tertiary/aromatic N) is 1. The van der Waals surface area contributed by atoms with Gasteiger partial charge in [0.1, 0.15) is 5.82 Å². The highest BCUT2D eigenvalue weighted by Gasteiger charge is 2.29. The van der Waals surface area contributed by atoms with Crippen LogP contribution in [-0.2, 0) is 10.0 Å². The minimum atomic E-state index is -3.63. The van der Waals surface area contributed by atoms with Gasteiger partial charge in [-0.15, -0.1) is 0 Å². The van der Waals surface area contributed by atoms with Gasteiger partial charge in [-0.25, -0.2) is 12.8 Å². The van der Waals surface area contributed by atoms with Gasteiger partial charge < -0.3 is 5.32 Å². The maximum atomic E-state index is 13.0. The topological polar surface area (TPSA) is 66.5 Å². The van der Waals surface area contributed by atoms with Gasteiger partial charge in [-0.1, -0.05) is 13.0 Å². The van der Waals surface area contributed by atoms with Crippen LogP contribution in [0.25, 0.3) is 0 Å². The standard InChI is InChI=1S/C19H21FN2O3S/c1-14-4-3-11-22(13-14)26(24,25)18-6-2-5-15(12-18)19(23)21-17-9-7-16(20)8-10-17/h2,5-10,12,14H,3-4,11,13H2,1H3,(H,21,23). The lowest BCUT2D eigenvalue weighted by atomic mass is 10.0. The molecule has 2 aromatic rings. The lowest BCUT2D eigenvalue weighted by molar-refractivity contribution is 0.102. The molecule has 0 aromatic heterocycles. The van der Waals surface area contributed by atoms with E-state index in [-0.39, 0.29) is 10.5 Å². The lowest BCUT2D eigenvalue weighted by Crippen LogP contribution is -2.39. The van der Waals surface area contributed by atoms with Gasteiger partial charge >= 0.3 is 0 Å². The molecule has 0 radical (unpaired) electrons. The van der Waals surface area contributed by atoms with E-state index in [1.54, 1.807) is 12.1 Å². The highest BCUT2D eigenvalue weighted by atomic mass is 32.2. The van der Waals surface area contributed by atoms with E-state index in [0.29, 0.717) is 24.7 Å². The third-order valence-corrected chi connectivity index (χ3v) is 6.32. The molecule has 5 nitrogen and oxygen atoms in total. The van der Waals surface area contributed by atoms with Crippen molar-refractivity contribution in [3.8, 4) is 0 Å². The predicted molar refractivity (Wildman–Crippen MR) is 98.0 cm³/mol. The number of nitrogens with one attached hydrogen (secondary N) is 1. The van der Waals surface area contributed by atoms with E-state index < -0.39 is 21.7 Å². The van der Waals surface area contributed by atoms with Crippen molar-refractivity contribution in [3.05, 3.63) is 59.9 Å². The Morgan fingerprint density at radius 2 is 1.92 bits per heavy atom. The second kappa shape index (κ2) is 7.55. The number of hydrogen-bond acceptors (Lipinski definition) is 3. The average molecular weight is 376 g/mol. The predicted octanol–water partition coefficient (Wildman–Crippen LogP) is 3.50. The van der Waals surface area contributed by atoms with Crippen LogP contribution in [0.2, 0.25) is 0 Å². The molecule has 1 heterocycles. The minimum absolute atomic E-state index is 0.110. The molecule has 2 aromatic carbocycles. The lowest BCUT2D eigenvalue weighted by Gasteiger charge is -2.30. The van der Waals surface area contributed by atoms with Gasteiger partial charge in [0, 0.05) is 24.3 Å². The van der Waals surface area contributed by atoms with Crippen LogP contribution in [0.4, 0.5) is 10.1 Å². The summed E-state index contributed by atoms with van der Waals surface area (Å²) in [4.78, 5) is 12.5. The summed E-state index contributed by atoms with van der Waals surface area (Å²) in [6, 6.07) is 11.4. The summed E-state index contributed by atoms with van der Waals surface area (Å²) in [5, 5.41) is 2.64. The monoisotopic (exact) mass is 376 g/mol. The minimum Gasteiger partial charge on any atom is -0.322 e. The molecule has 1 N–H and O–H groups in total. The van der Waals surface area contributed by atoms with E-state index in [2.05, 4.69) is 5.32 Å². The van der Waals surface area contributed by atoms with Gasteiger partial charge in [-0.3, -0.25) is 4.79 Å². The number of carbonyl (C=O) groups excluding carboxylic acids is 1. The number of benzene rings is 2. The summed E-state index contributed by atoms with van der Waals surface area (Å²) in [5.74, 6) is -0.518. The Kier molecular flexibility index (Phi) is 5.38. The molecule has 1 aliphatic rings. The van der Waals surface area contributed by atoms with Crippen molar-refractivity contribution in [1.82, 2.24) is 4.31 Å². The highest BCUT2D eigenvalue weighted by Crippen LogP contribution is 2.24. The second-order valence-corrected chi connectivity index (χ2v) is 8.54. The van der Waals surface area contributed by atoms with Crippen molar-refractivity contribution in [2.45, 2.75) is 24.7 Å². The third-order valence-electron chi connectivity index (χ3n) is 4.46. The SMILES string of the molecule is CC1CCCN(S(=O)(=O)c2cccc(C(=O)Nc3ccc(F)cc3)c2)C1. The molecule has 0 saturated carbocycles. The Morgan fingerprint density at radius 1 is 1.19 bits per heavy atom. The van der Waals surface area contributed by atoms with Gasteiger partial charge in [-0.05, 0) is 61.2 Å². The first-order valence-electron chi connectivity index (χ1n) is 8.53.